The molecule has 0 radical (unpaired) electrons. The van der Waals surface area contributed by atoms with Crippen LogP contribution in [0, 0.1) is 23.7 Å². The summed E-state index contributed by atoms with van der Waals surface area (Å²) in [7, 11) is 14.6. The Bertz CT molecular complexity index is 1890. The molecule has 5 aliphatic carbocycles. The van der Waals surface area contributed by atoms with E-state index in [0.717, 1.165) is 97.4 Å². The van der Waals surface area contributed by atoms with E-state index in [1.165, 1.54) is 122 Å². The Morgan fingerprint density at radius 3 is 0.500 bits per heavy atom. The normalized spacial score (nSPS) is 23.1. The van der Waals surface area contributed by atoms with Crippen molar-refractivity contribution in [2.75, 3.05) is 56.9 Å². The fourth-order valence-corrected chi connectivity index (χ4v) is 14.3. The fourth-order valence-electron chi connectivity index (χ4n) is 14.3. The lowest BCUT2D eigenvalue weighted by Crippen LogP contribution is -2.24. The van der Waals surface area contributed by atoms with Crippen LogP contribution in [-0.4, -0.2) is 56.9 Å². The van der Waals surface area contributed by atoms with Gasteiger partial charge < -0.3 is 37.9 Å². The topological polar surface area (TPSA) is 73.8 Å². The summed E-state index contributed by atoms with van der Waals surface area (Å²) < 4.78 is 52.4. The van der Waals surface area contributed by atoms with Crippen molar-refractivity contribution < 1.29 is 37.9 Å². The van der Waals surface area contributed by atoms with Crippen LogP contribution in [0.5, 0.6) is 46.0 Å². The van der Waals surface area contributed by atoms with Gasteiger partial charge in [-0.05, 0) is 99.3 Å². The van der Waals surface area contributed by atoms with Crippen molar-refractivity contribution in [1.29, 1.82) is 0 Å². The Kier molecular flexibility index (Phi) is 15.6. The Morgan fingerprint density at radius 2 is 0.368 bits per heavy atom. The van der Waals surface area contributed by atoms with Crippen molar-refractivity contribution >= 4 is 0 Å². The van der Waals surface area contributed by atoms with Gasteiger partial charge in [0.15, 0.2) is 0 Å². The molecule has 8 nitrogen and oxygen atoms in total. The first kappa shape index (κ1) is 48.3. The van der Waals surface area contributed by atoms with Gasteiger partial charge >= 0.3 is 0 Å². The molecule has 8 bridgehead atoms. The van der Waals surface area contributed by atoms with Gasteiger partial charge in [-0.25, -0.2) is 0 Å². The second-order valence-corrected chi connectivity index (χ2v) is 20.8. The number of benzene rings is 4. The van der Waals surface area contributed by atoms with E-state index in [1.54, 1.807) is 0 Å². The molecule has 0 amide bonds. The molecule has 5 aliphatic rings. The first-order chi connectivity index (χ1) is 33.4. The maximum Gasteiger partial charge on any atom is 0.126 e. The summed E-state index contributed by atoms with van der Waals surface area (Å²) in [6, 6.07) is 18.8. The molecule has 4 fully saturated rings. The number of hydrogen-bond acceptors (Lipinski definition) is 8. The maximum absolute atomic E-state index is 6.55. The Balaban J connectivity index is 1.47. The van der Waals surface area contributed by atoms with E-state index in [2.05, 4.69) is 48.5 Å². The zero-order valence-corrected chi connectivity index (χ0v) is 42.6. The van der Waals surface area contributed by atoms with E-state index in [0.29, 0.717) is 23.7 Å². The minimum atomic E-state index is -0.0150. The van der Waals surface area contributed by atoms with Crippen LogP contribution in [0.2, 0.25) is 0 Å². The molecule has 368 valence electrons. The predicted octanol–water partition coefficient (Wildman–Crippen LogP) is 14.9. The predicted molar refractivity (Wildman–Crippen MR) is 272 cm³/mol. The molecule has 0 atom stereocenters. The van der Waals surface area contributed by atoms with Crippen LogP contribution in [0.1, 0.15) is 197 Å². The molecule has 4 saturated carbocycles. The summed E-state index contributed by atoms with van der Waals surface area (Å²) in [6.45, 7) is 0. The van der Waals surface area contributed by atoms with Gasteiger partial charge in [0.1, 0.15) is 46.0 Å². The molecule has 0 aliphatic heterocycles. The van der Waals surface area contributed by atoms with Gasteiger partial charge in [0.05, 0.1) is 56.9 Å². The second kappa shape index (κ2) is 21.9. The van der Waals surface area contributed by atoms with Gasteiger partial charge in [-0.3, -0.25) is 0 Å². The fraction of sp³-hybridized carbons (Fsp3) is 0.600. The molecule has 4 aromatic carbocycles. The van der Waals surface area contributed by atoms with Crippen molar-refractivity contribution in [3.63, 3.8) is 0 Å². The first-order valence-electron chi connectivity index (χ1n) is 26.4. The largest absolute Gasteiger partial charge is 0.496 e. The summed E-state index contributed by atoms with van der Waals surface area (Å²) in [5, 5.41) is 0. The number of methoxy groups -OCH3 is 8. The van der Waals surface area contributed by atoms with Gasteiger partial charge in [0.2, 0.25) is 0 Å². The molecule has 0 N–H and O–H groups in total. The van der Waals surface area contributed by atoms with E-state index in [1.807, 2.05) is 56.9 Å². The van der Waals surface area contributed by atoms with E-state index >= 15 is 0 Å². The smallest absolute Gasteiger partial charge is 0.126 e. The van der Waals surface area contributed by atoms with Gasteiger partial charge in [0, 0.05) is 92.4 Å². The zero-order chi connectivity index (χ0) is 47.3. The standard InChI is InChI=1S/C60H80O8/c1-61-49-33-50(62-2)42-29-41(49)57(37-21-13-9-14-22-37)43-30-44(52(64-4)34-51(43)63-3)59(39-25-17-11-18-26-39)47-32-48(56(68-8)36-55(47)67-7)60(40-27-19-12-20-28-40)46-31-45(53(65-5)35-54(46)66-6)58(42)38-23-15-10-16-24-38/h29-40,57-60H,9-28H2,1-8H3. The Labute approximate surface area is 408 Å². The Morgan fingerprint density at radius 1 is 0.221 bits per heavy atom. The van der Waals surface area contributed by atoms with E-state index in [-0.39, 0.29) is 23.7 Å². The molecule has 0 aromatic heterocycles. The molecular weight excluding hydrogens is 849 g/mol. The monoisotopic (exact) mass is 929 g/mol. The molecule has 0 saturated heterocycles. The van der Waals surface area contributed by atoms with Crippen molar-refractivity contribution in [2.45, 2.75) is 152 Å². The van der Waals surface area contributed by atoms with Crippen molar-refractivity contribution in [3.05, 3.63) is 93.0 Å². The molecule has 9 rings (SSSR count). The number of ether oxygens (including phenoxy) is 8. The first-order valence-corrected chi connectivity index (χ1v) is 26.4. The summed E-state index contributed by atoms with van der Waals surface area (Å²) in [6.07, 6.45) is 23.7. The molecule has 4 aromatic rings. The minimum Gasteiger partial charge on any atom is -0.496 e. The van der Waals surface area contributed by atoms with Gasteiger partial charge in [-0.2, -0.15) is 0 Å². The minimum absolute atomic E-state index is 0.0150. The third kappa shape index (κ3) is 9.23. The van der Waals surface area contributed by atoms with Crippen LogP contribution in [-0.2, 0) is 0 Å². The lowest BCUT2D eigenvalue weighted by atomic mass is 9.67. The lowest BCUT2D eigenvalue weighted by Gasteiger charge is -2.39. The van der Waals surface area contributed by atoms with E-state index in [9.17, 15) is 0 Å². The van der Waals surface area contributed by atoms with E-state index in [4.69, 9.17) is 37.9 Å². The van der Waals surface area contributed by atoms with Gasteiger partial charge in [-0.1, -0.05) is 77.0 Å². The van der Waals surface area contributed by atoms with Crippen LogP contribution < -0.4 is 37.9 Å². The second-order valence-electron chi connectivity index (χ2n) is 20.8. The van der Waals surface area contributed by atoms with Crippen LogP contribution in [0.25, 0.3) is 0 Å². The zero-order valence-electron chi connectivity index (χ0n) is 42.6. The average Bonchev–Trinajstić information content (AvgIpc) is 3.40. The SMILES string of the molecule is COc1cc(OC)c2cc1C(C1CCCCC1)c1cc(c(OC)cc1OC)C(C1CCCCC1)c1cc(c(OC)cc1OC)C(C1CCCCC1)c1cc(c(OC)cc1OC)C2C1CCCCC1. The molecule has 0 unspecified atom stereocenters. The maximum atomic E-state index is 6.55. The van der Waals surface area contributed by atoms with Crippen LogP contribution in [0.15, 0.2) is 48.5 Å². The van der Waals surface area contributed by atoms with Crippen molar-refractivity contribution in [1.82, 2.24) is 0 Å². The van der Waals surface area contributed by atoms with Crippen molar-refractivity contribution in [2.24, 2.45) is 23.7 Å². The summed E-state index contributed by atoms with van der Waals surface area (Å²) in [4.78, 5) is 0. The van der Waals surface area contributed by atoms with Gasteiger partial charge in [-0.15, -0.1) is 0 Å². The van der Waals surface area contributed by atoms with Crippen LogP contribution in [0.3, 0.4) is 0 Å². The highest BCUT2D eigenvalue weighted by atomic mass is 16.5. The van der Waals surface area contributed by atoms with Gasteiger partial charge in [0.25, 0.3) is 0 Å². The third-order valence-corrected chi connectivity index (χ3v) is 17.5. The third-order valence-electron chi connectivity index (χ3n) is 17.5. The van der Waals surface area contributed by atoms with E-state index < -0.39 is 0 Å². The summed E-state index contributed by atoms with van der Waals surface area (Å²) >= 11 is 0. The Hall–Kier alpha value is -4.72. The molecule has 8 heteroatoms. The molecule has 0 heterocycles. The quantitative estimate of drug-likeness (QED) is 0.139. The van der Waals surface area contributed by atoms with Crippen molar-refractivity contribution in [3.8, 4) is 46.0 Å². The molecular formula is C60H80O8. The summed E-state index contributed by atoms with van der Waals surface area (Å²) in [5.41, 5.74) is 9.58. The summed E-state index contributed by atoms with van der Waals surface area (Å²) in [5.74, 6) is 8.27. The lowest BCUT2D eigenvalue weighted by molar-refractivity contribution is 0.298. The number of rotatable bonds is 12. The highest BCUT2D eigenvalue weighted by Crippen LogP contribution is 2.58. The highest BCUT2D eigenvalue weighted by Gasteiger charge is 2.41. The average molecular weight is 929 g/mol. The number of fused-ring (bicyclic) bond motifs is 8. The number of hydrogen-bond donors (Lipinski definition) is 0. The molecule has 0 spiro atoms. The van der Waals surface area contributed by atoms with Crippen LogP contribution in [0.4, 0.5) is 0 Å². The highest BCUT2D eigenvalue weighted by molar-refractivity contribution is 5.64. The molecule has 68 heavy (non-hydrogen) atoms. The van der Waals surface area contributed by atoms with Crippen LogP contribution >= 0.6 is 0 Å².